The van der Waals surface area contributed by atoms with E-state index in [-0.39, 0.29) is 37.9 Å². The fourth-order valence-corrected chi connectivity index (χ4v) is 4.75. The summed E-state index contributed by atoms with van der Waals surface area (Å²) in [6, 6.07) is 25.6. The molecule has 1 N–H and O–H groups in total. The van der Waals surface area contributed by atoms with Crippen molar-refractivity contribution in [2.45, 2.75) is 31.5 Å². The lowest BCUT2D eigenvalue weighted by molar-refractivity contribution is -0.170. The maximum atomic E-state index is 13.9. The lowest BCUT2D eigenvalue weighted by Gasteiger charge is -2.42. The second-order valence-electron chi connectivity index (χ2n) is 8.94. The van der Waals surface area contributed by atoms with Crippen molar-refractivity contribution in [3.8, 4) is 0 Å². The van der Waals surface area contributed by atoms with Gasteiger partial charge in [-0.05, 0) is 35.2 Å². The van der Waals surface area contributed by atoms with Gasteiger partial charge < -0.3 is 19.6 Å². The van der Waals surface area contributed by atoms with Crippen molar-refractivity contribution >= 4 is 29.4 Å². The van der Waals surface area contributed by atoms with Crippen molar-refractivity contribution in [3.63, 3.8) is 0 Å². The van der Waals surface area contributed by atoms with Crippen molar-refractivity contribution < 1.29 is 24.2 Å². The first-order chi connectivity index (χ1) is 17.9. The molecule has 1 saturated heterocycles. The van der Waals surface area contributed by atoms with Crippen LogP contribution in [-0.2, 0) is 32.1 Å². The van der Waals surface area contributed by atoms with Crippen LogP contribution in [-0.4, -0.2) is 58.5 Å². The minimum atomic E-state index is -0.987. The van der Waals surface area contributed by atoms with Gasteiger partial charge in [-0.1, -0.05) is 84.4 Å². The van der Waals surface area contributed by atoms with E-state index in [4.69, 9.17) is 16.3 Å². The Morgan fingerprint density at radius 1 is 0.946 bits per heavy atom. The van der Waals surface area contributed by atoms with Crippen LogP contribution >= 0.6 is 11.6 Å². The highest BCUT2D eigenvalue weighted by Crippen LogP contribution is 2.33. The number of hydrogen-bond acceptors (Lipinski definition) is 4. The smallest absolute Gasteiger partial charge is 0.305 e. The molecule has 192 valence electrons. The van der Waals surface area contributed by atoms with Gasteiger partial charge in [-0.15, -0.1) is 0 Å². The van der Waals surface area contributed by atoms with E-state index in [1.54, 1.807) is 17.0 Å². The third kappa shape index (κ3) is 6.96. The van der Waals surface area contributed by atoms with Crippen molar-refractivity contribution in [2.24, 2.45) is 0 Å². The van der Waals surface area contributed by atoms with Crippen LogP contribution in [0.15, 0.2) is 84.9 Å². The zero-order valence-corrected chi connectivity index (χ0v) is 21.1. The summed E-state index contributed by atoms with van der Waals surface area (Å²) < 4.78 is 5.89. The fraction of sp³-hybridized carbons (Fsp3) is 0.276. The summed E-state index contributed by atoms with van der Waals surface area (Å²) in [4.78, 5) is 41.6. The van der Waals surface area contributed by atoms with Gasteiger partial charge in [-0.25, -0.2) is 0 Å². The molecular weight excluding hydrogens is 492 g/mol. The van der Waals surface area contributed by atoms with Gasteiger partial charge in [0.1, 0.15) is 6.61 Å². The molecule has 0 aliphatic carbocycles. The molecule has 0 unspecified atom stereocenters. The maximum absolute atomic E-state index is 13.9. The molecule has 0 bridgehead atoms. The summed E-state index contributed by atoms with van der Waals surface area (Å²) in [6.45, 7) is 0.390. The van der Waals surface area contributed by atoms with Gasteiger partial charge in [-0.3, -0.25) is 14.4 Å². The van der Waals surface area contributed by atoms with E-state index >= 15 is 0 Å². The second kappa shape index (κ2) is 12.5. The molecule has 2 atom stereocenters. The van der Waals surface area contributed by atoms with Gasteiger partial charge in [-0.2, -0.15) is 0 Å². The van der Waals surface area contributed by atoms with Crippen LogP contribution < -0.4 is 0 Å². The molecule has 2 amide bonds. The molecule has 8 heteroatoms. The van der Waals surface area contributed by atoms with Crippen LogP contribution in [0.1, 0.15) is 29.2 Å². The van der Waals surface area contributed by atoms with Crippen LogP contribution in [0, 0.1) is 0 Å². The van der Waals surface area contributed by atoms with Crippen LogP contribution in [0.25, 0.3) is 0 Å². The van der Waals surface area contributed by atoms with E-state index in [1.165, 1.54) is 4.90 Å². The Kier molecular flexibility index (Phi) is 8.93. The fourth-order valence-electron chi connectivity index (χ4n) is 4.53. The van der Waals surface area contributed by atoms with Crippen molar-refractivity contribution in [1.29, 1.82) is 0 Å². The van der Waals surface area contributed by atoms with Gasteiger partial charge in [0.2, 0.25) is 5.91 Å². The Bertz CT molecular complexity index is 1220. The number of amides is 2. The Hall–Kier alpha value is -3.68. The Morgan fingerprint density at radius 3 is 2.30 bits per heavy atom. The molecule has 0 saturated carbocycles. The number of morpholine rings is 1. The number of benzene rings is 3. The number of carboxylic acids is 1. The lowest BCUT2D eigenvalue weighted by atomic mass is 9.95. The van der Waals surface area contributed by atoms with E-state index in [0.717, 1.165) is 16.7 Å². The average Bonchev–Trinajstić information content (AvgIpc) is 2.90. The Labute approximate surface area is 221 Å². The number of nitrogens with zero attached hydrogens (tertiary/aromatic N) is 2. The first-order valence-electron chi connectivity index (χ1n) is 12.2. The highest BCUT2D eigenvalue weighted by Gasteiger charge is 2.43. The molecule has 1 heterocycles. The minimum absolute atomic E-state index is 0.0462. The molecule has 1 fully saturated rings. The Balaban J connectivity index is 1.64. The summed E-state index contributed by atoms with van der Waals surface area (Å²) >= 11 is 6.18. The molecule has 7 nitrogen and oxygen atoms in total. The molecule has 0 radical (unpaired) electrons. The van der Waals surface area contributed by atoms with E-state index < -0.39 is 18.1 Å². The summed E-state index contributed by atoms with van der Waals surface area (Å²) in [7, 11) is 0. The summed E-state index contributed by atoms with van der Waals surface area (Å²) in [6.07, 6.45) is -0.599. The van der Waals surface area contributed by atoms with Gasteiger partial charge in [0.05, 0.1) is 12.5 Å². The zero-order valence-electron chi connectivity index (χ0n) is 20.3. The first kappa shape index (κ1) is 26.4. The van der Waals surface area contributed by atoms with Crippen LogP contribution in [0.5, 0.6) is 0 Å². The van der Waals surface area contributed by atoms with Crippen LogP contribution in [0.4, 0.5) is 0 Å². The maximum Gasteiger partial charge on any atom is 0.305 e. The average molecular weight is 521 g/mol. The highest BCUT2D eigenvalue weighted by atomic mass is 35.5. The van der Waals surface area contributed by atoms with Gasteiger partial charge >= 0.3 is 5.97 Å². The number of carbonyl (C=O) groups is 3. The van der Waals surface area contributed by atoms with E-state index in [2.05, 4.69) is 0 Å². The van der Waals surface area contributed by atoms with Crippen LogP contribution in [0.3, 0.4) is 0 Å². The topological polar surface area (TPSA) is 87.1 Å². The third-order valence-electron chi connectivity index (χ3n) is 6.38. The number of carboxylic acid groups (broad SMARTS) is 1. The Morgan fingerprint density at radius 2 is 1.62 bits per heavy atom. The third-order valence-corrected chi connectivity index (χ3v) is 6.61. The molecule has 1 aliphatic heterocycles. The molecule has 3 aromatic rings. The standard InChI is InChI=1S/C29H29ClN2O5/c30-24-13-7-10-22(18-24)19-32-25(33)20-37-28(27(32)23-11-5-2-6-12-23)29(36)31(17-15-26(34)35)16-14-21-8-3-1-4-9-21/h1-13,18,27-28H,14-17,19-20H2,(H,34,35)/t27-,28+/m1/s1. The number of ether oxygens (including phenoxy) is 1. The summed E-state index contributed by atoms with van der Waals surface area (Å²) in [5.41, 5.74) is 2.64. The van der Waals surface area contributed by atoms with Crippen molar-refractivity contribution in [3.05, 3.63) is 107 Å². The molecule has 37 heavy (non-hydrogen) atoms. The highest BCUT2D eigenvalue weighted by molar-refractivity contribution is 6.30. The van der Waals surface area contributed by atoms with Gasteiger partial charge in [0.15, 0.2) is 6.10 Å². The molecule has 0 aromatic heterocycles. The molecular formula is C29H29ClN2O5. The quantitative estimate of drug-likeness (QED) is 0.429. The monoisotopic (exact) mass is 520 g/mol. The molecule has 0 spiro atoms. The van der Waals surface area contributed by atoms with Gasteiger partial charge in [0.25, 0.3) is 5.91 Å². The summed E-state index contributed by atoms with van der Waals surface area (Å²) in [5, 5.41) is 9.86. The number of rotatable bonds is 10. The lowest BCUT2D eigenvalue weighted by Crippen LogP contribution is -2.55. The SMILES string of the molecule is O=C(O)CCN(CCc1ccccc1)C(=O)[C@H]1OCC(=O)N(Cc2cccc(Cl)c2)[C@@H]1c1ccccc1. The van der Waals surface area contributed by atoms with Crippen molar-refractivity contribution in [1.82, 2.24) is 9.80 Å². The molecule has 4 rings (SSSR count). The summed E-state index contributed by atoms with van der Waals surface area (Å²) in [5.74, 6) is -1.56. The number of hydrogen-bond donors (Lipinski definition) is 1. The minimum Gasteiger partial charge on any atom is -0.481 e. The number of aliphatic carboxylic acids is 1. The molecule has 3 aromatic carbocycles. The first-order valence-corrected chi connectivity index (χ1v) is 12.5. The second-order valence-corrected chi connectivity index (χ2v) is 9.38. The van der Waals surface area contributed by atoms with Crippen LogP contribution in [0.2, 0.25) is 5.02 Å². The molecule has 1 aliphatic rings. The largest absolute Gasteiger partial charge is 0.481 e. The van der Waals surface area contributed by atoms with E-state index in [0.29, 0.717) is 18.0 Å². The van der Waals surface area contributed by atoms with E-state index in [9.17, 15) is 19.5 Å². The van der Waals surface area contributed by atoms with Gasteiger partial charge in [0, 0.05) is 24.7 Å². The normalized spacial score (nSPS) is 17.4. The number of carbonyl (C=O) groups excluding carboxylic acids is 2. The van der Waals surface area contributed by atoms with Crippen molar-refractivity contribution in [2.75, 3.05) is 19.7 Å². The predicted molar refractivity (Wildman–Crippen MR) is 140 cm³/mol. The number of halogens is 1. The zero-order chi connectivity index (χ0) is 26.2. The van der Waals surface area contributed by atoms with E-state index in [1.807, 2.05) is 72.8 Å². The predicted octanol–water partition coefficient (Wildman–Crippen LogP) is 4.35.